The fraction of sp³-hybridized carbons (Fsp3) is 0.261. The first-order valence-electron chi connectivity index (χ1n) is 18.1. The third-order valence-corrected chi connectivity index (χ3v) is 8.57. The monoisotopic (exact) mass is 780 g/mol. The number of carbonyl (C=O) groups is 2. The molecule has 0 unspecified atom stereocenters. The van der Waals surface area contributed by atoms with Gasteiger partial charge in [-0.2, -0.15) is 0 Å². The molecule has 0 saturated carbocycles. The van der Waals surface area contributed by atoms with Gasteiger partial charge in [0, 0.05) is 57.5 Å². The van der Waals surface area contributed by atoms with Gasteiger partial charge >= 0.3 is 41.5 Å². The van der Waals surface area contributed by atoms with Crippen LogP contribution in [0.4, 0.5) is 0 Å². The van der Waals surface area contributed by atoms with E-state index in [1.165, 1.54) is 18.2 Å². The number of carboxylic acid groups (broad SMARTS) is 1. The van der Waals surface area contributed by atoms with Crippen molar-refractivity contribution in [1.29, 1.82) is 0 Å². The number of morpholine rings is 2. The Morgan fingerprint density at radius 2 is 1.00 bits per heavy atom. The largest absolute Gasteiger partial charge is 1.00 e. The van der Waals surface area contributed by atoms with Crippen LogP contribution in [-0.2, 0) is 27.3 Å². The molecule has 4 aromatic rings. The minimum atomic E-state index is -0.919. The number of methoxy groups -OCH3 is 1. The van der Waals surface area contributed by atoms with E-state index in [0.29, 0.717) is 5.56 Å². The Labute approximate surface area is 358 Å². The molecular weight excluding hydrogens is 732 g/mol. The standard InChI is InChI=1S/C23H23NO3.C22H21NO3.CH4O.Na.H2O/c1-26-23(25)22-12-10-20(11-13-22)5-3-2-4-19-6-8-21(9-7-19)18-24-14-16-27-17-15-24;24-22(25)21-11-9-19(10-12-21)4-2-1-3-18-5-7-20(8-6-18)17-23-13-15-26-16-14-23;1-2;;/h3,5-13H,14-18H2,1H3;2,4-12H,13-17H2,(H,24,25);2H,1H3;;1H2/q;;;+1;/p-1. The molecule has 57 heavy (non-hydrogen) atoms. The summed E-state index contributed by atoms with van der Waals surface area (Å²) in [7, 11) is 2.38. The number of carbonyl (C=O) groups excluding carboxylic acids is 1. The Morgan fingerprint density at radius 3 is 1.35 bits per heavy atom. The number of benzene rings is 4. The van der Waals surface area contributed by atoms with Gasteiger partial charge in [-0.25, -0.2) is 9.59 Å². The summed E-state index contributed by atoms with van der Waals surface area (Å²) in [5, 5.41) is 15.9. The van der Waals surface area contributed by atoms with Gasteiger partial charge in [-0.3, -0.25) is 9.80 Å². The Morgan fingerprint density at radius 1 is 0.632 bits per heavy atom. The second-order valence-electron chi connectivity index (χ2n) is 12.4. The van der Waals surface area contributed by atoms with E-state index in [-0.39, 0.29) is 46.6 Å². The summed E-state index contributed by atoms with van der Waals surface area (Å²) in [6, 6.07) is 30.6. The van der Waals surface area contributed by atoms with Gasteiger partial charge < -0.3 is 29.9 Å². The molecule has 10 nitrogen and oxygen atoms in total. The molecule has 0 amide bonds. The molecule has 2 aliphatic heterocycles. The number of hydrogen-bond acceptors (Lipinski definition) is 9. The molecule has 3 N–H and O–H groups in total. The van der Waals surface area contributed by atoms with Gasteiger partial charge in [-0.05, 0) is 95.1 Å². The van der Waals surface area contributed by atoms with Gasteiger partial charge in [-0.15, -0.1) is 0 Å². The molecule has 2 fully saturated rings. The van der Waals surface area contributed by atoms with Crippen LogP contribution in [0.5, 0.6) is 0 Å². The maximum atomic E-state index is 11.4. The molecular formula is C46H49N2NaO8. The molecule has 0 atom stereocenters. The first-order valence-corrected chi connectivity index (χ1v) is 18.1. The van der Waals surface area contributed by atoms with Crippen LogP contribution in [0.3, 0.4) is 0 Å². The first-order chi connectivity index (χ1) is 26.9. The summed E-state index contributed by atoms with van der Waals surface area (Å²) < 4.78 is 15.4. The van der Waals surface area contributed by atoms with Gasteiger partial charge in [0.2, 0.25) is 0 Å². The smallest absolute Gasteiger partial charge is 0.870 e. The molecule has 6 rings (SSSR count). The fourth-order valence-corrected chi connectivity index (χ4v) is 5.53. The molecule has 0 aliphatic carbocycles. The normalized spacial score (nSPS) is 13.7. The zero-order valence-electron chi connectivity index (χ0n) is 32.9. The van der Waals surface area contributed by atoms with Gasteiger partial charge in [-0.1, -0.05) is 72.2 Å². The quantitative estimate of drug-likeness (QED) is 0.156. The van der Waals surface area contributed by atoms with E-state index in [9.17, 15) is 9.59 Å². The third kappa shape index (κ3) is 17.9. The molecule has 2 saturated heterocycles. The number of esters is 1. The van der Waals surface area contributed by atoms with Crippen LogP contribution >= 0.6 is 0 Å². The minimum Gasteiger partial charge on any atom is -0.870 e. The van der Waals surface area contributed by atoms with Crippen molar-refractivity contribution in [2.24, 2.45) is 0 Å². The van der Waals surface area contributed by atoms with Crippen molar-refractivity contribution < 1.29 is 69.0 Å². The molecule has 4 aromatic carbocycles. The number of aliphatic hydroxyl groups excluding tert-OH is 1. The summed E-state index contributed by atoms with van der Waals surface area (Å²) in [6.07, 6.45) is 7.37. The number of rotatable bonds is 8. The van der Waals surface area contributed by atoms with E-state index in [2.05, 4.69) is 74.6 Å². The molecule has 0 radical (unpaired) electrons. The van der Waals surface area contributed by atoms with Crippen molar-refractivity contribution in [2.75, 3.05) is 66.8 Å². The SMILES string of the molecule is CO.COC(=O)c1ccc(C=CC#Cc2ccc(CN3CCOCC3)cc2)cc1.O=C(O)c1ccc(C=CC#Cc2ccc(CN3CCOCC3)cc2)cc1.[Na+].[OH-]. The second-order valence-corrected chi connectivity index (χ2v) is 12.4. The van der Waals surface area contributed by atoms with Crippen LogP contribution in [0.2, 0.25) is 0 Å². The van der Waals surface area contributed by atoms with Crippen LogP contribution in [0.1, 0.15) is 54.1 Å². The number of aliphatic hydroxyl groups is 1. The third-order valence-electron chi connectivity index (χ3n) is 8.57. The van der Waals surface area contributed by atoms with Gasteiger partial charge in [0.15, 0.2) is 0 Å². The Hall–Kier alpha value is -4.82. The minimum absolute atomic E-state index is 0. The average Bonchev–Trinajstić information content (AvgIpc) is 3.24. The van der Waals surface area contributed by atoms with E-state index in [4.69, 9.17) is 19.7 Å². The summed E-state index contributed by atoms with van der Waals surface area (Å²) in [5.41, 5.74) is 7.27. The van der Waals surface area contributed by atoms with Crippen LogP contribution in [0.25, 0.3) is 12.2 Å². The maximum absolute atomic E-state index is 11.4. The maximum Gasteiger partial charge on any atom is 1.00 e. The topological polar surface area (TPSA) is 139 Å². The Bertz CT molecular complexity index is 1960. The van der Waals surface area contributed by atoms with Crippen molar-refractivity contribution in [3.8, 4) is 23.7 Å². The van der Waals surface area contributed by atoms with E-state index in [1.54, 1.807) is 42.5 Å². The van der Waals surface area contributed by atoms with Gasteiger partial charge in [0.1, 0.15) is 0 Å². The summed E-state index contributed by atoms with van der Waals surface area (Å²) >= 11 is 0. The zero-order valence-corrected chi connectivity index (χ0v) is 34.9. The predicted octanol–water partition coefficient (Wildman–Crippen LogP) is 3.09. The van der Waals surface area contributed by atoms with Crippen LogP contribution in [0, 0.1) is 23.7 Å². The van der Waals surface area contributed by atoms with Crippen LogP contribution < -0.4 is 29.6 Å². The van der Waals surface area contributed by atoms with Crippen molar-refractivity contribution >= 4 is 24.1 Å². The number of hydrogen-bond donors (Lipinski definition) is 2. The van der Waals surface area contributed by atoms with Crippen LogP contribution in [-0.4, -0.2) is 104 Å². The summed E-state index contributed by atoms with van der Waals surface area (Å²) in [6.45, 7) is 9.13. The molecule has 11 heteroatoms. The molecule has 0 aromatic heterocycles. The summed E-state index contributed by atoms with van der Waals surface area (Å²) in [5.74, 6) is 11.1. The van der Waals surface area contributed by atoms with E-state index < -0.39 is 5.97 Å². The second kappa shape index (κ2) is 27.7. The van der Waals surface area contributed by atoms with Crippen molar-refractivity contribution in [3.63, 3.8) is 0 Å². The molecule has 0 bridgehead atoms. The van der Waals surface area contributed by atoms with Crippen molar-refractivity contribution in [2.45, 2.75) is 13.1 Å². The van der Waals surface area contributed by atoms with Crippen LogP contribution in [0.15, 0.2) is 109 Å². The molecule has 2 heterocycles. The van der Waals surface area contributed by atoms with E-state index >= 15 is 0 Å². The number of carboxylic acids is 1. The van der Waals surface area contributed by atoms with E-state index in [1.807, 2.05) is 42.5 Å². The number of allylic oxidation sites excluding steroid dienone is 2. The molecule has 2 aliphatic rings. The van der Waals surface area contributed by atoms with Crippen molar-refractivity contribution in [1.82, 2.24) is 9.80 Å². The predicted molar refractivity (Wildman–Crippen MR) is 218 cm³/mol. The summed E-state index contributed by atoms with van der Waals surface area (Å²) in [4.78, 5) is 27.0. The first kappa shape index (κ1) is 48.3. The molecule has 292 valence electrons. The zero-order chi connectivity index (χ0) is 39.1. The number of nitrogens with zero attached hydrogens (tertiary/aromatic N) is 2. The number of aromatic carboxylic acids is 1. The van der Waals surface area contributed by atoms with Gasteiger partial charge in [0.25, 0.3) is 0 Å². The fourth-order valence-electron chi connectivity index (χ4n) is 5.53. The van der Waals surface area contributed by atoms with Crippen molar-refractivity contribution in [3.05, 3.63) is 154 Å². The Kier molecular flexibility index (Phi) is 23.5. The Balaban J connectivity index is 0.000000365. The number of ether oxygens (including phenoxy) is 3. The van der Waals surface area contributed by atoms with Gasteiger partial charge in [0.05, 0.1) is 44.7 Å². The van der Waals surface area contributed by atoms with E-state index in [0.717, 1.165) is 95.1 Å². The molecule has 0 spiro atoms. The average molecular weight is 781 g/mol.